The Morgan fingerprint density at radius 3 is 2.92 bits per heavy atom. The number of carbonyl (C=O) groups excluding carboxylic acids is 1. The number of nitrogens with one attached hydrogen (secondary N) is 1. The topological polar surface area (TPSA) is 129 Å². The van der Waals surface area contributed by atoms with Gasteiger partial charge in [0.1, 0.15) is 10.1 Å². The molecular weight excluding hydrogens is 368 g/mol. The quantitative estimate of drug-likeness (QED) is 0.730. The van der Waals surface area contributed by atoms with Crippen LogP contribution in [0, 0.1) is 0 Å². The predicted molar refractivity (Wildman–Crippen MR) is 95.7 cm³/mol. The van der Waals surface area contributed by atoms with E-state index in [1.165, 1.54) is 23.4 Å². The van der Waals surface area contributed by atoms with Crippen molar-refractivity contribution in [2.45, 2.75) is 43.1 Å². The number of ether oxygens (including phenoxy) is 2. The zero-order chi connectivity index (χ0) is 18.1. The lowest BCUT2D eigenvalue weighted by Gasteiger charge is -2.18. The minimum absolute atomic E-state index is 0.0793. The Balaban J connectivity index is 2.07. The third-order valence-electron chi connectivity index (χ3n) is 3.80. The Hall–Kier alpha value is -1.85. The Morgan fingerprint density at radius 2 is 2.24 bits per heavy atom. The summed E-state index contributed by atoms with van der Waals surface area (Å²) in [5.74, 6) is -0.467. The molecule has 0 amide bonds. The number of carbonyl (C=O) groups is 1. The molecule has 1 saturated heterocycles. The maximum absolute atomic E-state index is 12.5. The summed E-state index contributed by atoms with van der Waals surface area (Å²) in [6, 6.07) is 0. The van der Waals surface area contributed by atoms with Gasteiger partial charge in [-0.2, -0.15) is 4.98 Å². The van der Waals surface area contributed by atoms with Crippen LogP contribution < -0.4 is 16.2 Å². The summed E-state index contributed by atoms with van der Waals surface area (Å²) in [4.78, 5) is 42.3. The van der Waals surface area contributed by atoms with Crippen LogP contribution in [0.2, 0.25) is 0 Å². The molecular formula is C14H18N4O5S2. The minimum Gasteiger partial charge on any atom is -0.469 e. The molecule has 0 aromatic carbocycles. The van der Waals surface area contributed by atoms with Crippen molar-refractivity contribution in [1.82, 2.24) is 14.5 Å². The zero-order valence-electron chi connectivity index (χ0n) is 13.7. The van der Waals surface area contributed by atoms with Gasteiger partial charge in [-0.05, 0) is 6.42 Å². The molecule has 0 saturated carbocycles. The number of aromatic amines is 1. The van der Waals surface area contributed by atoms with Crippen molar-refractivity contribution in [2.75, 3.05) is 12.8 Å². The van der Waals surface area contributed by atoms with Gasteiger partial charge in [0, 0.05) is 0 Å². The summed E-state index contributed by atoms with van der Waals surface area (Å²) in [6.07, 6.45) is 1.07. The van der Waals surface area contributed by atoms with Crippen molar-refractivity contribution < 1.29 is 14.3 Å². The number of esters is 1. The molecule has 11 heteroatoms. The molecule has 25 heavy (non-hydrogen) atoms. The normalized spacial score (nSPS) is 23.2. The fourth-order valence-electron chi connectivity index (χ4n) is 2.70. The number of fused-ring (bicyclic) bond motifs is 1. The molecule has 0 aliphatic carbocycles. The number of methoxy groups -OCH3 is 1. The van der Waals surface area contributed by atoms with E-state index in [4.69, 9.17) is 15.2 Å². The Morgan fingerprint density at radius 1 is 1.48 bits per heavy atom. The molecule has 1 unspecified atom stereocenters. The van der Waals surface area contributed by atoms with Crippen LogP contribution in [0.25, 0.3) is 10.3 Å². The highest BCUT2D eigenvalue weighted by molar-refractivity contribution is 8.00. The molecule has 1 fully saturated rings. The number of thioether (sulfide) groups is 1. The van der Waals surface area contributed by atoms with Gasteiger partial charge < -0.3 is 15.2 Å². The maximum atomic E-state index is 12.5. The van der Waals surface area contributed by atoms with Crippen LogP contribution in [0.5, 0.6) is 0 Å². The van der Waals surface area contributed by atoms with Crippen LogP contribution >= 0.6 is 23.1 Å². The summed E-state index contributed by atoms with van der Waals surface area (Å²) in [7, 11) is 1.31. The first-order chi connectivity index (χ1) is 11.9. The molecule has 1 aliphatic rings. The number of nitrogens with two attached hydrogens (primary N) is 1. The van der Waals surface area contributed by atoms with Crippen molar-refractivity contribution in [3.8, 4) is 0 Å². The molecule has 3 rings (SSSR count). The second-order valence-electron chi connectivity index (χ2n) is 5.54. The third-order valence-corrected chi connectivity index (χ3v) is 6.14. The summed E-state index contributed by atoms with van der Waals surface area (Å²) in [5.41, 5.74) is 5.17. The van der Waals surface area contributed by atoms with Crippen LogP contribution in [0.1, 0.15) is 32.4 Å². The summed E-state index contributed by atoms with van der Waals surface area (Å²) in [5, 5.41) is -0.318. The second kappa shape index (κ2) is 7.18. The van der Waals surface area contributed by atoms with Crippen molar-refractivity contribution in [2.24, 2.45) is 0 Å². The van der Waals surface area contributed by atoms with Gasteiger partial charge in [0.15, 0.2) is 11.9 Å². The number of thiazole rings is 1. The van der Waals surface area contributed by atoms with E-state index in [2.05, 4.69) is 9.97 Å². The minimum atomic E-state index is -0.712. The highest BCUT2D eigenvalue weighted by Crippen LogP contribution is 2.43. The molecule has 0 radical (unpaired) electrons. The van der Waals surface area contributed by atoms with Gasteiger partial charge in [-0.3, -0.25) is 23.9 Å². The average Bonchev–Trinajstić information content (AvgIpc) is 3.08. The summed E-state index contributed by atoms with van der Waals surface area (Å²) in [6.45, 7) is 2.03. The molecule has 0 spiro atoms. The summed E-state index contributed by atoms with van der Waals surface area (Å²) < 4.78 is 12.3. The van der Waals surface area contributed by atoms with Gasteiger partial charge in [-0.15, -0.1) is 11.8 Å². The smallest absolute Gasteiger partial charge is 0.311 e. The number of hydrogen-bond acceptors (Lipinski definition) is 9. The Labute approximate surface area is 150 Å². The van der Waals surface area contributed by atoms with Crippen LogP contribution in [-0.2, 0) is 14.3 Å². The molecule has 3 atom stereocenters. The number of anilines is 1. The second-order valence-corrected chi connectivity index (χ2v) is 7.91. The lowest BCUT2D eigenvalue weighted by atomic mass is 10.2. The number of nitrogen functional groups attached to an aromatic ring is 1. The van der Waals surface area contributed by atoms with E-state index in [0.717, 1.165) is 24.2 Å². The first kappa shape index (κ1) is 18.0. The third kappa shape index (κ3) is 3.44. The maximum Gasteiger partial charge on any atom is 0.311 e. The van der Waals surface area contributed by atoms with E-state index in [1.54, 1.807) is 0 Å². The fraction of sp³-hybridized carbons (Fsp3) is 0.571. The average molecular weight is 386 g/mol. The van der Waals surface area contributed by atoms with Gasteiger partial charge in [0.05, 0.1) is 18.8 Å². The SMILES string of the molecule is CCCC1O[C@@H](n2c(=O)sc3c(=O)[nH]c(N)nc32)[C@H](CC(=O)OC)S1. The van der Waals surface area contributed by atoms with E-state index in [1.807, 2.05) is 6.92 Å². The van der Waals surface area contributed by atoms with Crippen LogP contribution in [0.3, 0.4) is 0 Å². The molecule has 136 valence electrons. The molecule has 3 N–H and O–H groups in total. The van der Waals surface area contributed by atoms with Gasteiger partial charge in [-0.1, -0.05) is 24.7 Å². The van der Waals surface area contributed by atoms with E-state index in [9.17, 15) is 14.4 Å². The molecule has 3 heterocycles. The van der Waals surface area contributed by atoms with E-state index < -0.39 is 11.8 Å². The Bertz CT molecular complexity index is 905. The fourth-order valence-corrected chi connectivity index (χ4v) is 5.04. The van der Waals surface area contributed by atoms with Crippen molar-refractivity contribution >= 4 is 45.4 Å². The monoisotopic (exact) mass is 386 g/mol. The van der Waals surface area contributed by atoms with Crippen LogP contribution in [-0.4, -0.2) is 38.3 Å². The first-order valence-corrected chi connectivity index (χ1v) is 9.49. The zero-order valence-corrected chi connectivity index (χ0v) is 15.3. The van der Waals surface area contributed by atoms with Gasteiger partial charge in [-0.25, -0.2) is 0 Å². The standard InChI is InChI=1S/C14H18N4O5S2/c1-3-4-8-23-12(6(24-8)5-7(19)22-2)18-10-9(25-14(18)21)11(20)17-13(15)16-10/h6,8,12H,3-5H2,1-2H3,(H3,15,16,17,20)/t6-,8?,12+/m0/s1. The lowest BCUT2D eigenvalue weighted by molar-refractivity contribution is -0.141. The highest BCUT2D eigenvalue weighted by Gasteiger charge is 2.40. The number of hydrogen-bond donors (Lipinski definition) is 2. The first-order valence-electron chi connectivity index (χ1n) is 7.73. The van der Waals surface area contributed by atoms with Crippen LogP contribution in [0.4, 0.5) is 5.95 Å². The largest absolute Gasteiger partial charge is 0.469 e. The van der Waals surface area contributed by atoms with Gasteiger partial charge in [0.25, 0.3) is 5.56 Å². The van der Waals surface area contributed by atoms with E-state index in [0.29, 0.717) is 0 Å². The molecule has 9 nitrogen and oxygen atoms in total. The number of aromatic nitrogens is 3. The number of H-pyrrole nitrogens is 1. The van der Waals surface area contributed by atoms with Crippen molar-refractivity contribution in [1.29, 1.82) is 0 Å². The van der Waals surface area contributed by atoms with E-state index in [-0.39, 0.29) is 44.2 Å². The molecule has 2 aromatic rings. The van der Waals surface area contributed by atoms with Gasteiger partial charge in [0.2, 0.25) is 5.95 Å². The summed E-state index contributed by atoms with van der Waals surface area (Å²) >= 11 is 2.27. The van der Waals surface area contributed by atoms with Crippen molar-refractivity contribution in [3.63, 3.8) is 0 Å². The van der Waals surface area contributed by atoms with Crippen molar-refractivity contribution in [3.05, 3.63) is 20.0 Å². The number of rotatable bonds is 5. The predicted octanol–water partition coefficient (Wildman–Crippen LogP) is 1.05. The Kier molecular flexibility index (Phi) is 5.16. The molecule has 1 aliphatic heterocycles. The van der Waals surface area contributed by atoms with Crippen LogP contribution in [0.15, 0.2) is 9.59 Å². The number of nitrogens with zero attached hydrogens (tertiary/aromatic N) is 2. The molecule has 2 aromatic heterocycles. The van der Waals surface area contributed by atoms with E-state index >= 15 is 0 Å². The lowest BCUT2D eigenvalue weighted by Crippen LogP contribution is -2.28. The highest BCUT2D eigenvalue weighted by atomic mass is 32.2. The van der Waals surface area contributed by atoms with Gasteiger partial charge >= 0.3 is 10.8 Å². The molecule has 0 bridgehead atoms.